The topological polar surface area (TPSA) is 32.3 Å². The second-order valence-electron chi connectivity index (χ2n) is 4.61. The number of phenols is 1. The summed E-state index contributed by atoms with van der Waals surface area (Å²) in [5, 5.41) is 12.8. The van der Waals surface area contributed by atoms with Crippen molar-refractivity contribution >= 4 is 11.6 Å². The van der Waals surface area contributed by atoms with E-state index < -0.39 is 0 Å². The van der Waals surface area contributed by atoms with Gasteiger partial charge in [0.15, 0.2) is 0 Å². The molecule has 0 aliphatic heterocycles. The van der Waals surface area contributed by atoms with E-state index in [2.05, 4.69) is 19.2 Å². The lowest BCUT2D eigenvalue weighted by molar-refractivity contribution is 0.286. The Balaban J connectivity index is 2.46. The number of aromatic hydroxyl groups is 1. The average Bonchev–Trinajstić information content (AvgIpc) is 2.35. The number of phenolic OH excluding ortho intramolecular Hbond substituents is 1. The summed E-state index contributed by atoms with van der Waals surface area (Å²) in [4.78, 5) is 0. The van der Waals surface area contributed by atoms with Gasteiger partial charge in [0.25, 0.3) is 0 Å². The molecule has 1 aromatic rings. The molecule has 0 saturated heterocycles. The first-order valence-electron chi connectivity index (χ1n) is 6.20. The number of halogens is 1. The highest BCUT2D eigenvalue weighted by Gasteiger charge is 2.24. The lowest BCUT2D eigenvalue weighted by Gasteiger charge is -2.29. The van der Waals surface area contributed by atoms with E-state index in [4.69, 9.17) is 11.6 Å². The Labute approximate surface area is 109 Å². The van der Waals surface area contributed by atoms with E-state index in [9.17, 15) is 5.11 Å². The molecular formula is C14H22ClNO. The molecule has 0 aromatic heterocycles. The van der Waals surface area contributed by atoms with Crippen molar-refractivity contribution in [3.05, 3.63) is 29.8 Å². The number of alkyl halides is 1. The van der Waals surface area contributed by atoms with Crippen molar-refractivity contribution in [2.24, 2.45) is 5.41 Å². The molecule has 2 nitrogen and oxygen atoms in total. The molecule has 0 bridgehead atoms. The van der Waals surface area contributed by atoms with Crippen LogP contribution in [0.2, 0.25) is 0 Å². The normalized spacial score (nSPS) is 11.7. The van der Waals surface area contributed by atoms with Crippen molar-refractivity contribution < 1.29 is 5.11 Å². The summed E-state index contributed by atoms with van der Waals surface area (Å²) in [6.07, 6.45) is 2.17. The molecule has 0 saturated carbocycles. The van der Waals surface area contributed by atoms with E-state index in [0.29, 0.717) is 11.6 Å². The maximum atomic E-state index is 9.36. The van der Waals surface area contributed by atoms with Crippen molar-refractivity contribution in [2.75, 3.05) is 12.4 Å². The van der Waals surface area contributed by atoms with Crippen LogP contribution in [0.25, 0.3) is 0 Å². The van der Waals surface area contributed by atoms with Crippen molar-refractivity contribution in [3.8, 4) is 5.75 Å². The molecule has 1 aromatic carbocycles. The lowest BCUT2D eigenvalue weighted by Crippen LogP contribution is -2.34. The quantitative estimate of drug-likeness (QED) is 0.731. The van der Waals surface area contributed by atoms with Crippen molar-refractivity contribution in [2.45, 2.75) is 33.2 Å². The van der Waals surface area contributed by atoms with Gasteiger partial charge in [-0.2, -0.15) is 0 Å². The number of nitrogens with one attached hydrogen (secondary N) is 1. The van der Waals surface area contributed by atoms with Crippen molar-refractivity contribution in [1.29, 1.82) is 0 Å². The van der Waals surface area contributed by atoms with E-state index in [1.54, 1.807) is 12.1 Å². The molecule has 0 aliphatic carbocycles. The fraction of sp³-hybridized carbons (Fsp3) is 0.571. The van der Waals surface area contributed by atoms with Gasteiger partial charge in [-0.1, -0.05) is 26.0 Å². The zero-order valence-corrected chi connectivity index (χ0v) is 11.4. The molecule has 1 rings (SSSR count). The van der Waals surface area contributed by atoms with Crippen LogP contribution in [0.4, 0.5) is 0 Å². The van der Waals surface area contributed by atoms with Gasteiger partial charge >= 0.3 is 0 Å². The molecule has 0 radical (unpaired) electrons. The van der Waals surface area contributed by atoms with E-state index in [-0.39, 0.29) is 5.41 Å². The Kier molecular flexibility index (Phi) is 5.79. The van der Waals surface area contributed by atoms with Gasteiger partial charge in [-0.25, -0.2) is 0 Å². The SMILES string of the molecule is CCC(CC)(CCl)CNCc1cccc(O)c1. The number of hydrogen-bond donors (Lipinski definition) is 2. The average molecular weight is 256 g/mol. The van der Waals surface area contributed by atoms with E-state index >= 15 is 0 Å². The predicted octanol–water partition coefficient (Wildman–Crippen LogP) is 3.53. The van der Waals surface area contributed by atoms with E-state index in [1.165, 1.54) is 0 Å². The molecule has 0 aliphatic rings. The fourth-order valence-electron chi connectivity index (χ4n) is 1.87. The Hall–Kier alpha value is -0.730. The zero-order valence-electron chi connectivity index (χ0n) is 10.7. The summed E-state index contributed by atoms with van der Waals surface area (Å²) in [6, 6.07) is 7.34. The third-order valence-electron chi connectivity index (χ3n) is 3.52. The Morgan fingerprint density at radius 2 is 2.00 bits per heavy atom. The summed E-state index contributed by atoms with van der Waals surface area (Å²) < 4.78 is 0. The van der Waals surface area contributed by atoms with Gasteiger partial charge in [0.2, 0.25) is 0 Å². The lowest BCUT2D eigenvalue weighted by atomic mass is 9.84. The molecular weight excluding hydrogens is 234 g/mol. The van der Waals surface area contributed by atoms with E-state index in [0.717, 1.165) is 31.5 Å². The highest BCUT2D eigenvalue weighted by molar-refractivity contribution is 6.18. The predicted molar refractivity (Wildman–Crippen MR) is 73.5 cm³/mol. The number of benzene rings is 1. The third kappa shape index (κ3) is 4.21. The summed E-state index contributed by atoms with van der Waals surface area (Å²) in [7, 11) is 0. The molecule has 0 atom stereocenters. The Morgan fingerprint density at radius 1 is 1.29 bits per heavy atom. The highest BCUT2D eigenvalue weighted by Crippen LogP contribution is 2.27. The highest BCUT2D eigenvalue weighted by atomic mass is 35.5. The van der Waals surface area contributed by atoms with Gasteiger partial charge in [0.1, 0.15) is 5.75 Å². The van der Waals surface area contributed by atoms with Crippen molar-refractivity contribution in [1.82, 2.24) is 5.32 Å². The first-order chi connectivity index (χ1) is 8.15. The molecule has 0 heterocycles. The molecule has 0 unspecified atom stereocenters. The summed E-state index contributed by atoms with van der Waals surface area (Å²) in [5.41, 5.74) is 1.29. The van der Waals surface area contributed by atoms with Gasteiger partial charge in [-0.3, -0.25) is 0 Å². The van der Waals surface area contributed by atoms with Gasteiger partial charge in [-0.05, 0) is 36.0 Å². The number of hydrogen-bond acceptors (Lipinski definition) is 2. The maximum Gasteiger partial charge on any atom is 0.115 e. The Morgan fingerprint density at radius 3 is 2.53 bits per heavy atom. The third-order valence-corrected chi connectivity index (χ3v) is 4.09. The minimum Gasteiger partial charge on any atom is -0.508 e. The van der Waals surface area contributed by atoms with Crippen LogP contribution < -0.4 is 5.32 Å². The standard InChI is InChI=1S/C14H22ClNO/c1-3-14(4-2,10-15)11-16-9-12-6-5-7-13(17)8-12/h5-8,16-17H,3-4,9-11H2,1-2H3. The molecule has 17 heavy (non-hydrogen) atoms. The van der Waals surface area contributed by atoms with Crippen LogP contribution >= 0.6 is 11.6 Å². The Bertz CT molecular complexity index is 328. The van der Waals surface area contributed by atoms with Crippen LogP contribution in [0.5, 0.6) is 5.75 Å². The second-order valence-corrected chi connectivity index (χ2v) is 4.88. The molecule has 96 valence electrons. The van der Waals surface area contributed by atoms with Gasteiger partial charge in [0, 0.05) is 19.0 Å². The zero-order chi connectivity index (χ0) is 12.7. The molecule has 3 heteroatoms. The molecule has 0 fully saturated rings. The van der Waals surface area contributed by atoms with Crippen molar-refractivity contribution in [3.63, 3.8) is 0 Å². The summed E-state index contributed by atoms with van der Waals surface area (Å²) >= 11 is 6.05. The molecule has 0 spiro atoms. The van der Waals surface area contributed by atoms with Crippen LogP contribution in [0.15, 0.2) is 24.3 Å². The van der Waals surface area contributed by atoms with Gasteiger partial charge < -0.3 is 10.4 Å². The monoisotopic (exact) mass is 255 g/mol. The van der Waals surface area contributed by atoms with Gasteiger partial charge in [0.05, 0.1) is 0 Å². The molecule has 0 amide bonds. The van der Waals surface area contributed by atoms with Crippen LogP contribution in [-0.4, -0.2) is 17.5 Å². The van der Waals surface area contributed by atoms with Crippen LogP contribution in [0, 0.1) is 5.41 Å². The van der Waals surface area contributed by atoms with E-state index in [1.807, 2.05) is 12.1 Å². The minimum atomic E-state index is 0.193. The first kappa shape index (κ1) is 14.3. The van der Waals surface area contributed by atoms with Crippen LogP contribution in [0.3, 0.4) is 0 Å². The first-order valence-corrected chi connectivity index (χ1v) is 6.74. The molecule has 2 N–H and O–H groups in total. The number of rotatable bonds is 7. The summed E-state index contributed by atoms with van der Waals surface area (Å²) in [6.45, 7) is 6.05. The van der Waals surface area contributed by atoms with Crippen LogP contribution in [0.1, 0.15) is 32.3 Å². The maximum absolute atomic E-state index is 9.36. The van der Waals surface area contributed by atoms with Gasteiger partial charge in [-0.15, -0.1) is 11.6 Å². The minimum absolute atomic E-state index is 0.193. The summed E-state index contributed by atoms with van der Waals surface area (Å²) in [5.74, 6) is 1.01. The largest absolute Gasteiger partial charge is 0.508 e. The second kappa shape index (κ2) is 6.87. The smallest absolute Gasteiger partial charge is 0.115 e. The fourth-order valence-corrected chi connectivity index (χ4v) is 2.35. The van der Waals surface area contributed by atoms with Crippen LogP contribution in [-0.2, 0) is 6.54 Å².